The van der Waals surface area contributed by atoms with Crippen LogP contribution < -0.4 is 10.6 Å². The van der Waals surface area contributed by atoms with E-state index in [1.807, 2.05) is 0 Å². The van der Waals surface area contributed by atoms with Gasteiger partial charge in [0.2, 0.25) is 11.8 Å². The first kappa shape index (κ1) is 16.2. The summed E-state index contributed by atoms with van der Waals surface area (Å²) in [6.45, 7) is 0. The number of hydrogen-bond acceptors (Lipinski definition) is 2. The zero-order valence-corrected chi connectivity index (χ0v) is 11.0. The molecule has 4 nitrogen and oxygen atoms in total. The average Bonchev–Trinajstić information content (AvgIpc) is 2.40. The van der Waals surface area contributed by atoms with Crippen molar-refractivity contribution >= 4 is 17.5 Å². The molecule has 0 aromatic heterocycles. The van der Waals surface area contributed by atoms with Gasteiger partial charge in [0.25, 0.3) is 0 Å². The van der Waals surface area contributed by atoms with Crippen molar-refractivity contribution in [2.45, 2.75) is 25.1 Å². The fourth-order valence-electron chi connectivity index (χ4n) is 2.12. The molecule has 2 amide bonds. The minimum atomic E-state index is -4.58. The van der Waals surface area contributed by atoms with Gasteiger partial charge in [0, 0.05) is 6.07 Å². The fourth-order valence-corrected chi connectivity index (χ4v) is 2.12. The number of halogens is 5. The zero-order valence-electron chi connectivity index (χ0n) is 11.0. The van der Waals surface area contributed by atoms with E-state index in [1.165, 1.54) is 0 Å². The molecule has 22 heavy (non-hydrogen) atoms. The number of nitrogens with one attached hydrogen (secondary N) is 2. The van der Waals surface area contributed by atoms with Crippen molar-refractivity contribution in [3.8, 4) is 0 Å². The van der Waals surface area contributed by atoms with Crippen LogP contribution in [0.15, 0.2) is 18.2 Å². The molecule has 0 radical (unpaired) electrons. The van der Waals surface area contributed by atoms with Crippen molar-refractivity contribution in [1.29, 1.82) is 0 Å². The van der Waals surface area contributed by atoms with Gasteiger partial charge in [-0.25, -0.2) is 8.78 Å². The van der Waals surface area contributed by atoms with E-state index < -0.39 is 48.0 Å². The van der Waals surface area contributed by atoms with Gasteiger partial charge in [-0.2, -0.15) is 13.2 Å². The molecule has 1 heterocycles. The van der Waals surface area contributed by atoms with Crippen LogP contribution in [0.2, 0.25) is 0 Å². The Morgan fingerprint density at radius 3 is 2.45 bits per heavy atom. The number of rotatable bonds is 2. The Morgan fingerprint density at radius 1 is 1.23 bits per heavy atom. The molecule has 0 saturated carbocycles. The Labute approximate surface area is 121 Å². The quantitative estimate of drug-likeness (QED) is 0.649. The second kappa shape index (κ2) is 5.90. The third-order valence-corrected chi connectivity index (χ3v) is 3.28. The number of amides is 2. The van der Waals surface area contributed by atoms with Crippen LogP contribution in [0.5, 0.6) is 0 Å². The number of anilines is 1. The highest BCUT2D eigenvalue weighted by Gasteiger charge is 2.45. The van der Waals surface area contributed by atoms with Crippen molar-refractivity contribution < 1.29 is 31.5 Å². The standard InChI is InChI=1S/C13H11F5N2O2/c14-6-1-3-9(8(15)5-6)19-11(21)7-2-4-10(13(16,17)18)20-12(7)22/h1,3,5,7,10H,2,4H2,(H,19,21)(H,20,22). The zero-order chi connectivity index (χ0) is 16.5. The van der Waals surface area contributed by atoms with E-state index >= 15 is 0 Å². The molecule has 0 spiro atoms. The number of piperidine rings is 1. The van der Waals surface area contributed by atoms with Crippen molar-refractivity contribution in [2.24, 2.45) is 5.92 Å². The maximum Gasteiger partial charge on any atom is 0.408 e. The summed E-state index contributed by atoms with van der Waals surface area (Å²) in [5.41, 5.74) is -0.350. The number of carbonyl (C=O) groups excluding carboxylic acids is 2. The lowest BCUT2D eigenvalue weighted by molar-refractivity contribution is -0.170. The lowest BCUT2D eigenvalue weighted by Crippen LogP contribution is -2.53. The van der Waals surface area contributed by atoms with Gasteiger partial charge >= 0.3 is 6.18 Å². The van der Waals surface area contributed by atoms with Crippen molar-refractivity contribution in [1.82, 2.24) is 5.32 Å². The third kappa shape index (κ3) is 3.52. The molecular formula is C13H11F5N2O2. The summed E-state index contributed by atoms with van der Waals surface area (Å²) in [4.78, 5) is 23.5. The van der Waals surface area contributed by atoms with Gasteiger partial charge in [0.05, 0.1) is 5.69 Å². The monoisotopic (exact) mass is 322 g/mol. The Balaban J connectivity index is 2.03. The van der Waals surface area contributed by atoms with Crippen LogP contribution in [0.4, 0.5) is 27.6 Å². The molecule has 0 aliphatic carbocycles. The second-order valence-corrected chi connectivity index (χ2v) is 4.85. The van der Waals surface area contributed by atoms with Crippen LogP contribution in [0.25, 0.3) is 0 Å². The SMILES string of the molecule is O=C(Nc1ccc(F)cc1F)C1CCC(C(F)(F)F)NC1=O. The van der Waals surface area contributed by atoms with Crippen LogP contribution in [-0.4, -0.2) is 24.0 Å². The third-order valence-electron chi connectivity index (χ3n) is 3.28. The molecule has 120 valence electrons. The smallest absolute Gasteiger partial charge is 0.344 e. The molecule has 1 aromatic carbocycles. The molecule has 2 unspecified atom stereocenters. The first-order chi connectivity index (χ1) is 10.2. The summed E-state index contributed by atoms with van der Waals surface area (Å²) < 4.78 is 63.6. The Bertz CT molecular complexity index is 603. The van der Waals surface area contributed by atoms with Crippen LogP contribution in [0.3, 0.4) is 0 Å². The Kier molecular flexibility index (Phi) is 4.34. The largest absolute Gasteiger partial charge is 0.408 e. The Hall–Kier alpha value is -2.19. The van der Waals surface area contributed by atoms with E-state index in [4.69, 9.17) is 0 Å². The first-order valence-corrected chi connectivity index (χ1v) is 6.31. The molecule has 9 heteroatoms. The highest BCUT2D eigenvalue weighted by Crippen LogP contribution is 2.29. The average molecular weight is 322 g/mol. The molecule has 1 fully saturated rings. The molecule has 2 atom stereocenters. The van der Waals surface area contributed by atoms with E-state index in [1.54, 1.807) is 5.32 Å². The van der Waals surface area contributed by atoms with E-state index in [0.29, 0.717) is 6.07 Å². The van der Waals surface area contributed by atoms with Crippen LogP contribution in [-0.2, 0) is 9.59 Å². The van der Waals surface area contributed by atoms with E-state index in [0.717, 1.165) is 12.1 Å². The van der Waals surface area contributed by atoms with Crippen molar-refractivity contribution in [3.63, 3.8) is 0 Å². The van der Waals surface area contributed by atoms with Gasteiger partial charge in [0.1, 0.15) is 23.6 Å². The second-order valence-electron chi connectivity index (χ2n) is 4.85. The van der Waals surface area contributed by atoms with Gasteiger partial charge < -0.3 is 10.6 Å². The van der Waals surface area contributed by atoms with Gasteiger partial charge in [-0.1, -0.05) is 0 Å². The minimum absolute atomic E-state index is 0.315. The fraction of sp³-hybridized carbons (Fsp3) is 0.385. The highest BCUT2D eigenvalue weighted by atomic mass is 19.4. The normalized spacial score (nSPS) is 22.1. The molecule has 2 rings (SSSR count). The van der Waals surface area contributed by atoms with E-state index in [-0.39, 0.29) is 12.1 Å². The summed E-state index contributed by atoms with van der Waals surface area (Å²) >= 11 is 0. The summed E-state index contributed by atoms with van der Waals surface area (Å²) in [5, 5.41) is 3.79. The number of benzene rings is 1. The maximum absolute atomic E-state index is 13.4. The van der Waals surface area contributed by atoms with E-state index in [2.05, 4.69) is 5.32 Å². The van der Waals surface area contributed by atoms with Crippen LogP contribution in [0.1, 0.15) is 12.8 Å². The number of carbonyl (C=O) groups is 2. The predicted octanol–water partition coefficient (Wildman–Crippen LogP) is 2.36. The predicted molar refractivity (Wildman–Crippen MR) is 65.7 cm³/mol. The topological polar surface area (TPSA) is 58.2 Å². The lowest BCUT2D eigenvalue weighted by Gasteiger charge is -2.29. The van der Waals surface area contributed by atoms with Crippen LogP contribution in [0, 0.1) is 17.6 Å². The van der Waals surface area contributed by atoms with Gasteiger partial charge in [-0.3, -0.25) is 9.59 Å². The molecule has 1 aromatic rings. The number of hydrogen-bond donors (Lipinski definition) is 2. The molecule has 0 bridgehead atoms. The highest BCUT2D eigenvalue weighted by molar-refractivity contribution is 6.06. The van der Waals surface area contributed by atoms with Crippen molar-refractivity contribution in [3.05, 3.63) is 29.8 Å². The summed E-state index contributed by atoms with van der Waals surface area (Å²) in [6, 6.07) is 0.406. The lowest BCUT2D eigenvalue weighted by atomic mass is 9.92. The van der Waals surface area contributed by atoms with Gasteiger partial charge in [-0.05, 0) is 25.0 Å². The molecule has 1 saturated heterocycles. The molecule has 1 aliphatic heterocycles. The molecule has 2 N–H and O–H groups in total. The first-order valence-electron chi connectivity index (χ1n) is 6.31. The maximum atomic E-state index is 13.4. The summed E-state index contributed by atoms with van der Waals surface area (Å²) in [7, 11) is 0. The molecule has 1 aliphatic rings. The molecular weight excluding hydrogens is 311 g/mol. The summed E-state index contributed by atoms with van der Waals surface area (Å²) in [5.74, 6) is -5.27. The van der Waals surface area contributed by atoms with Crippen molar-refractivity contribution in [2.75, 3.05) is 5.32 Å². The van der Waals surface area contributed by atoms with Gasteiger partial charge in [0.15, 0.2) is 0 Å². The minimum Gasteiger partial charge on any atom is -0.344 e. The summed E-state index contributed by atoms with van der Waals surface area (Å²) in [6.07, 6.45) is -5.34. The Morgan fingerprint density at radius 2 is 1.91 bits per heavy atom. The number of alkyl halides is 3. The van der Waals surface area contributed by atoms with E-state index in [9.17, 15) is 31.5 Å². The van der Waals surface area contributed by atoms with Crippen LogP contribution >= 0.6 is 0 Å². The van der Waals surface area contributed by atoms with Gasteiger partial charge in [-0.15, -0.1) is 0 Å².